The summed E-state index contributed by atoms with van der Waals surface area (Å²) >= 11 is 6.04. The second-order valence-electron chi connectivity index (χ2n) is 6.29. The van der Waals surface area contributed by atoms with E-state index in [1.165, 1.54) is 0 Å². The van der Waals surface area contributed by atoms with Gasteiger partial charge >= 0.3 is 0 Å². The summed E-state index contributed by atoms with van der Waals surface area (Å²) in [5.41, 5.74) is 2.01. The summed E-state index contributed by atoms with van der Waals surface area (Å²) in [7, 11) is 0. The minimum atomic E-state index is -0.137. The number of rotatable bonds is 5. The molecule has 3 rings (SSSR count). The summed E-state index contributed by atoms with van der Waals surface area (Å²) < 4.78 is 0. The molecule has 1 heterocycles. The normalized spacial score (nSPS) is 14.2. The number of piperazine rings is 1. The Balaban J connectivity index is 1.43. The lowest BCUT2D eigenvalue weighted by Crippen LogP contribution is -2.51. The molecule has 0 aliphatic carbocycles. The molecule has 26 heavy (non-hydrogen) atoms. The second kappa shape index (κ2) is 8.72. The SMILES string of the molecule is O=C(Cc1ccccc1)NCC(=O)N1CCN(c2cccc(Cl)c2)CC1. The van der Waals surface area contributed by atoms with Gasteiger partial charge in [0.15, 0.2) is 0 Å². The maximum absolute atomic E-state index is 12.3. The lowest BCUT2D eigenvalue weighted by molar-refractivity contribution is -0.133. The summed E-state index contributed by atoms with van der Waals surface area (Å²) in [5.74, 6) is -0.181. The van der Waals surface area contributed by atoms with Gasteiger partial charge in [-0.3, -0.25) is 9.59 Å². The topological polar surface area (TPSA) is 52.7 Å². The Hall–Kier alpha value is -2.53. The molecule has 136 valence electrons. The third-order valence-electron chi connectivity index (χ3n) is 4.45. The molecule has 0 spiro atoms. The zero-order chi connectivity index (χ0) is 18.4. The first-order valence-corrected chi connectivity index (χ1v) is 9.08. The van der Waals surface area contributed by atoms with Crippen molar-refractivity contribution in [3.63, 3.8) is 0 Å². The van der Waals surface area contributed by atoms with Crippen molar-refractivity contribution in [3.8, 4) is 0 Å². The Bertz CT molecular complexity index is 759. The molecule has 1 aliphatic rings. The molecule has 0 bridgehead atoms. The summed E-state index contributed by atoms with van der Waals surface area (Å²) in [6.45, 7) is 2.83. The molecule has 1 N–H and O–H groups in total. The maximum Gasteiger partial charge on any atom is 0.242 e. The highest BCUT2D eigenvalue weighted by molar-refractivity contribution is 6.30. The number of benzene rings is 2. The molecular weight excluding hydrogens is 350 g/mol. The van der Waals surface area contributed by atoms with Gasteiger partial charge < -0.3 is 15.1 Å². The summed E-state index contributed by atoms with van der Waals surface area (Å²) in [6, 6.07) is 17.2. The fraction of sp³-hybridized carbons (Fsp3) is 0.300. The molecule has 1 aliphatic heterocycles. The largest absolute Gasteiger partial charge is 0.368 e. The molecule has 2 amide bonds. The first-order chi connectivity index (χ1) is 12.6. The molecule has 2 aromatic rings. The van der Waals surface area contributed by atoms with Gasteiger partial charge in [0, 0.05) is 36.9 Å². The Kier molecular flexibility index (Phi) is 6.12. The van der Waals surface area contributed by atoms with Gasteiger partial charge in [-0.25, -0.2) is 0 Å². The predicted octanol–water partition coefficient (Wildman–Crippen LogP) is 2.35. The summed E-state index contributed by atoms with van der Waals surface area (Å²) in [6.07, 6.45) is 0.288. The van der Waals surface area contributed by atoms with E-state index in [-0.39, 0.29) is 24.8 Å². The van der Waals surface area contributed by atoms with Crippen molar-refractivity contribution in [1.82, 2.24) is 10.2 Å². The average Bonchev–Trinajstić information content (AvgIpc) is 2.67. The molecule has 6 heteroatoms. The molecule has 0 radical (unpaired) electrons. The van der Waals surface area contributed by atoms with Crippen LogP contribution < -0.4 is 10.2 Å². The van der Waals surface area contributed by atoms with Crippen LogP contribution in [0, 0.1) is 0 Å². The molecule has 0 saturated carbocycles. The number of anilines is 1. The van der Waals surface area contributed by atoms with Crippen LogP contribution in [0.3, 0.4) is 0 Å². The van der Waals surface area contributed by atoms with Crippen molar-refractivity contribution in [3.05, 3.63) is 65.2 Å². The minimum absolute atomic E-state index is 0.0443. The molecule has 1 saturated heterocycles. The quantitative estimate of drug-likeness (QED) is 0.877. The van der Waals surface area contributed by atoms with E-state index in [2.05, 4.69) is 10.2 Å². The van der Waals surface area contributed by atoms with Crippen LogP contribution in [-0.2, 0) is 16.0 Å². The number of hydrogen-bond donors (Lipinski definition) is 1. The second-order valence-corrected chi connectivity index (χ2v) is 6.72. The lowest BCUT2D eigenvalue weighted by atomic mass is 10.1. The van der Waals surface area contributed by atoms with Crippen molar-refractivity contribution >= 4 is 29.1 Å². The van der Waals surface area contributed by atoms with Crippen LogP contribution in [0.1, 0.15) is 5.56 Å². The smallest absolute Gasteiger partial charge is 0.242 e. The van der Waals surface area contributed by atoms with Crippen molar-refractivity contribution in [2.45, 2.75) is 6.42 Å². The van der Waals surface area contributed by atoms with E-state index in [9.17, 15) is 9.59 Å². The fourth-order valence-corrected chi connectivity index (χ4v) is 3.20. The van der Waals surface area contributed by atoms with Crippen LogP contribution in [0.15, 0.2) is 54.6 Å². The number of amides is 2. The number of hydrogen-bond acceptors (Lipinski definition) is 3. The number of nitrogens with one attached hydrogen (secondary N) is 1. The Morgan fingerprint density at radius 2 is 1.69 bits per heavy atom. The molecule has 2 aromatic carbocycles. The zero-order valence-electron chi connectivity index (χ0n) is 14.5. The monoisotopic (exact) mass is 371 g/mol. The van der Waals surface area contributed by atoms with Gasteiger partial charge in [0.25, 0.3) is 0 Å². The molecule has 0 atom stereocenters. The van der Waals surface area contributed by atoms with Crippen LogP contribution in [0.4, 0.5) is 5.69 Å². The number of halogens is 1. The van der Waals surface area contributed by atoms with E-state index >= 15 is 0 Å². The van der Waals surface area contributed by atoms with Gasteiger partial charge in [-0.1, -0.05) is 48.0 Å². The predicted molar refractivity (Wildman–Crippen MR) is 103 cm³/mol. The fourth-order valence-electron chi connectivity index (χ4n) is 3.02. The van der Waals surface area contributed by atoms with Crippen molar-refractivity contribution in [2.75, 3.05) is 37.6 Å². The summed E-state index contributed by atoms with van der Waals surface area (Å²) in [5, 5.41) is 3.43. The molecule has 5 nitrogen and oxygen atoms in total. The van der Waals surface area contributed by atoms with Crippen LogP contribution >= 0.6 is 11.6 Å². The number of carbonyl (C=O) groups excluding carboxylic acids is 2. The first-order valence-electron chi connectivity index (χ1n) is 8.71. The van der Waals surface area contributed by atoms with E-state index in [1.54, 1.807) is 4.90 Å². The van der Waals surface area contributed by atoms with Crippen molar-refractivity contribution in [1.29, 1.82) is 0 Å². The van der Waals surface area contributed by atoms with Gasteiger partial charge in [-0.15, -0.1) is 0 Å². The third kappa shape index (κ3) is 4.99. The van der Waals surface area contributed by atoms with Crippen LogP contribution in [0.25, 0.3) is 0 Å². The standard InChI is InChI=1S/C20H22ClN3O2/c21-17-7-4-8-18(14-17)23-9-11-24(12-10-23)20(26)15-22-19(25)13-16-5-2-1-3-6-16/h1-8,14H,9-13,15H2,(H,22,25). The van der Waals surface area contributed by atoms with Crippen molar-refractivity contribution < 1.29 is 9.59 Å². The van der Waals surface area contributed by atoms with E-state index in [0.29, 0.717) is 18.1 Å². The van der Waals surface area contributed by atoms with Gasteiger partial charge in [-0.2, -0.15) is 0 Å². The van der Waals surface area contributed by atoms with E-state index < -0.39 is 0 Å². The number of nitrogens with zero attached hydrogens (tertiary/aromatic N) is 2. The van der Waals surface area contributed by atoms with Crippen LogP contribution in [0.2, 0.25) is 5.02 Å². The van der Waals surface area contributed by atoms with Crippen molar-refractivity contribution in [2.24, 2.45) is 0 Å². The Morgan fingerprint density at radius 1 is 0.962 bits per heavy atom. The Labute approximate surface area is 158 Å². The van der Waals surface area contributed by atoms with Crippen LogP contribution in [-0.4, -0.2) is 49.4 Å². The van der Waals surface area contributed by atoms with Gasteiger partial charge in [0.1, 0.15) is 0 Å². The third-order valence-corrected chi connectivity index (χ3v) is 4.69. The van der Waals surface area contributed by atoms with Gasteiger partial charge in [0.2, 0.25) is 11.8 Å². The van der Waals surface area contributed by atoms with E-state index in [0.717, 1.165) is 24.3 Å². The van der Waals surface area contributed by atoms with Gasteiger partial charge in [0.05, 0.1) is 13.0 Å². The molecule has 0 aromatic heterocycles. The lowest BCUT2D eigenvalue weighted by Gasteiger charge is -2.36. The first kappa shape index (κ1) is 18.3. The summed E-state index contributed by atoms with van der Waals surface area (Å²) in [4.78, 5) is 28.3. The maximum atomic E-state index is 12.3. The highest BCUT2D eigenvalue weighted by atomic mass is 35.5. The minimum Gasteiger partial charge on any atom is -0.368 e. The highest BCUT2D eigenvalue weighted by Crippen LogP contribution is 2.20. The average molecular weight is 372 g/mol. The number of carbonyl (C=O) groups is 2. The molecular formula is C20H22ClN3O2. The molecule has 1 fully saturated rings. The van der Waals surface area contributed by atoms with E-state index in [4.69, 9.17) is 11.6 Å². The van der Waals surface area contributed by atoms with E-state index in [1.807, 2.05) is 54.6 Å². The molecule has 0 unspecified atom stereocenters. The van der Waals surface area contributed by atoms with Gasteiger partial charge in [-0.05, 0) is 23.8 Å². The Morgan fingerprint density at radius 3 is 2.38 bits per heavy atom. The van der Waals surface area contributed by atoms with Crippen LogP contribution in [0.5, 0.6) is 0 Å². The highest BCUT2D eigenvalue weighted by Gasteiger charge is 2.21. The zero-order valence-corrected chi connectivity index (χ0v) is 15.3.